The molecule has 0 aliphatic heterocycles. The molecule has 0 atom stereocenters. The Morgan fingerprint density at radius 1 is 1.11 bits per heavy atom. The molecular weight excluding hydrogens is 446 g/mol. The minimum atomic E-state index is -0.0472. The average molecular weight is 488 g/mol. The van der Waals surface area contributed by atoms with Gasteiger partial charge in [0.25, 0.3) is 5.56 Å². The van der Waals surface area contributed by atoms with E-state index >= 15 is 0 Å². The van der Waals surface area contributed by atoms with Crippen molar-refractivity contribution in [1.29, 1.82) is 0 Å². The number of rotatable bonds is 8. The van der Waals surface area contributed by atoms with Gasteiger partial charge in [-0.25, -0.2) is 4.98 Å². The molecule has 1 saturated carbocycles. The molecule has 1 aliphatic carbocycles. The van der Waals surface area contributed by atoms with E-state index in [1.54, 1.807) is 0 Å². The lowest BCUT2D eigenvalue weighted by Crippen LogP contribution is -2.42. The van der Waals surface area contributed by atoms with Crippen LogP contribution >= 0.6 is 0 Å². The van der Waals surface area contributed by atoms with Gasteiger partial charge in [0.15, 0.2) is 0 Å². The summed E-state index contributed by atoms with van der Waals surface area (Å²) in [5, 5.41) is 5.72. The van der Waals surface area contributed by atoms with Gasteiger partial charge in [-0.1, -0.05) is 12.2 Å². The molecule has 0 radical (unpaired) electrons. The Morgan fingerprint density at radius 2 is 1.81 bits per heavy atom. The van der Waals surface area contributed by atoms with Crippen molar-refractivity contribution >= 4 is 27.9 Å². The van der Waals surface area contributed by atoms with Crippen LogP contribution in [0.15, 0.2) is 41.8 Å². The quantitative estimate of drug-likeness (QED) is 0.415. The number of nitrogens with zero attached hydrogens (tertiary/aromatic N) is 3. The normalized spacial score (nSPS) is 18.0. The molecule has 0 amide bonds. The predicted octanol–water partition coefficient (Wildman–Crippen LogP) is 5.88. The third kappa shape index (κ3) is 5.34. The van der Waals surface area contributed by atoms with Gasteiger partial charge in [0, 0.05) is 59.1 Å². The predicted molar refractivity (Wildman–Crippen MR) is 153 cm³/mol. The summed E-state index contributed by atoms with van der Waals surface area (Å²) >= 11 is 0. The number of aryl methyl sites for hydroxylation is 2. The molecule has 4 rings (SSSR count). The molecule has 0 bridgehead atoms. The van der Waals surface area contributed by atoms with Gasteiger partial charge in [-0.2, -0.15) is 0 Å². The van der Waals surface area contributed by atoms with Crippen molar-refractivity contribution in [3.05, 3.63) is 69.8 Å². The maximum atomic E-state index is 12.6. The molecule has 1 aromatic carbocycles. The number of pyridine rings is 2. The molecule has 0 spiro atoms. The van der Waals surface area contributed by atoms with Crippen LogP contribution in [-0.4, -0.2) is 47.6 Å². The van der Waals surface area contributed by atoms with Gasteiger partial charge in [0.1, 0.15) is 5.82 Å². The van der Waals surface area contributed by atoms with Gasteiger partial charge < -0.3 is 20.1 Å². The van der Waals surface area contributed by atoms with Gasteiger partial charge in [0.05, 0.1) is 0 Å². The Hall–Kier alpha value is -3.12. The van der Waals surface area contributed by atoms with Crippen molar-refractivity contribution in [2.75, 3.05) is 30.9 Å². The number of fused-ring (bicyclic) bond motifs is 1. The first-order chi connectivity index (χ1) is 17.2. The smallest absolute Gasteiger partial charge is 0.253 e. The summed E-state index contributed by atoms with van der Waals surface area (Å²) in [6, 6.07) is 9.80. The third-order valence-electron chi connectivity index (χ3n) is 7.76. The summed E-state index contributed by atoms with van der Waals surface area (Å²) in [6.07, 6.45) is 6.72. The second-order valence-corrected chi connectivity index (χ2v) is 10.5. The lowest BCUT2D eigenvalue weighted by molar-refractivity contribution is 0.214. The molecule has 6 heteroatoms. The largest absolute Gasteiger partial charge is 0.368 e. The van der Waals surface area contributed by atoms with Gasteiger partial charge in [-0.05, 0) is 103 Å². The van der Waals surface area contributed by atoms with E-state index in [4.69, 9.17) is 4.98 Å². The van der Waals surface area contributed by atoms with Gasteiger partial charge in [-0.3, -0.25) is 4.79 Å². The molecule has 6 nitrogen and oxygen atoms in total. The molecule has 192 valence electrons. The number of aromatic amines is 1. The topological polar surface area (TPSA) is 64.3 Å². The van der Waals surface area contributed by atoms with Crippen LogP contribution in [0.5, 0.6) is 0 Å². The third-order valence-corrected chi connectivity index (χ3v) is 7.76. The summed E-state index contributed by atoms with van der Waals surface area (Å²) < 4.78 is 0. The van der Waals surface area contributed by atoms with Crippen molar-refractivity contribution in [3.63, 3.8) is 0 Å². The molecule has 1 fully saturated rings. The molecule has 3 aromatic rings. The highest BCUT2D eigenvalue weighted by molar-refractivity contribution is 6.02. The van der Waals surface area contributed by atoms with Crippen LogP contribution in [0.25, 0.3) is 16.3 Å². The highest BCUT2D eigenvalue weighted by atomic mass is 16.1. The van der Waals surface area contributed by atoms with Crippen LogP contribution in [0.3, 0.4) is 0 Å². The van der Waals surface area contributed by atoms with E-state index in [9.17, 15) is 4.79 Å². The highest BCUT2D eigenvalue weighted by Gasteiger charge is 2.27. The van der Waals surface area contributed by atoms with Crippen molar-refractivity contribution < 1.29 is 0 Å². The number of nitrogens with one attached hydrogen (secondary N) is 2. The van der Waals surface area contributed by atoms with Gasteiger partial charge >= 0.3 is 0 Å². The van der Waals surface area contributed by atoms with Crippen LogP contribution in [-0.2, 0) is 6.54 Å². The molecule has 0 unspecified atom stereocenters. The van der Waals surface area contributed by atoms with E-state index in [1.807, 2.05) is 26.1 Å². The fraction of sp³-hybridized carbons (Fsp3) is 0.467. The van der Waals surface area contributed by atoms with Crippen molar-refractivity contribution in [1.82, 2.24) is 14.9 Å². The first kappa shape index (κ1) is 26.0. The van der Waals surface area contributed by atoms with Crippen molar-refractivity contribution in [3.8, 4) is 0 Å². The zero-order valence-electron chi connectivity index (χ0n) is 22.7. The Bertz CT molecular complexity index is 1300. The average Bonchev–Trinajstić information content (AvgIpc) is 2.84. The second kappa shape index (κ2) is 10.9. The fourth-order valence-electron chi connectivity index (χ4n) is 5.67. The molecule has 1 aliphatic rings. The number of anilines is 2. The van der Waals surface area contributed by atoms with E-state index < -0.39 is 0 Å². The van der Waals surface area contributed by atoms with E-state index in [-0.39, 0.29) is 5.56 Å². The number of benzene rings is 1. The van der Waals surface area contributed by atoms with Gasteiger partial charge in [-0.15, -0.1) is 0 Å². The molecular formula is C30H41N5O. The minimum Gasteiger partial charge on any atom is -0.368 e. The zero-order valence-corrected chi connectivity index (χ0v) is 22.7. The maximum absolute atomic E-state index is 12.6. The van der Waals surface area contributed by atoms with Crippen molar-refractivity contribution in [2.45, 2.75) is 72.0 Å². The number of H-pyrrole nitrogens is 1. The van der Waals surface area contributed by atoms with Crippen LogP contribution < -0.4 is 15.8 Å². The summed E-state index contributed by atoms with van der Waals surface area (Å²) in [5.41, 5.74) is 5.95. The minimum absolute atomic E-state index is 0.0472. The summed E-state index contributed by atoms with van der Waals surface area (Å²) in [7, 11) is 4.39. The van der Waals surface area contributed by atoms with Crippen molar-refractivity contribution in [2.24, 2.45) is 0 Å². The highest BCUT2D eigenvalue weighted by Crippen LogP contribution is 2.37. The van der Waals surface area contributed by atoms with Crippen LogP contribution in [0, 0.1) is 13.8 Å². The summed E-state index contributed by atoms with van der Waals surface area (Å²) in [4.78, 5) is 25.1. The Balaban J connectivity index is 1.72. The van der Waals surface area contributed by atoms with Crippen LogP contribution in [0.2, 0.25) is 0 Å². The van der Waals surface area contributed by atoms with E-state index in [2.05, 4.69) is 72.8 Å². The van der Waals surface area contributed by atoms with Gasteiger partial charge in [0.2, 0.25) is 0 Å². The van der Waals surface area contributed by atoms with E-state index in [0.717, 1.165) is 45.7 Å². The standard InChI is InChI=1S/C30H41N5O/c1-8-35(24-11-9-23(10-12-24)34(6)7)28-17-22(19(2)3)16-26-25(28)13-14-31-29(26)32-18-27-20(4)15-21(5)33-30(27)36/h13-17,23-24H,2,8-12,18H2,1,3-7H3,(H,31,32)(H,33,36). The first-order valence-corrected chi connectivity index (χ1v) is 13.1. The fourth-order valence-corrected chi connectivity index (χ4v) is 5.67. The monoisotopic (exact) mass is 487 g/mol. The lowest BCUT2D eigenvalue weighted by atomic mass is 9.88. The Morgan fingerprint density at radius 3 is 2.42 bits per heavy atom. The lowest BCUT2D eigenvalue weighted by Gasteiger charge is -2.40. The Labute approximate surface area is 215 Å². The van der Waals surface area contributed by atoms with Crippen LogP contribution in [0.1, 0.15) is 61.9 Å². The Kier molecular flexibility index (Phi) is 7.84. The molecule has 0 saturated heterocycles. The second-order valence-electron chi connectivity index (χ2n) is 10.5. The van der Waals surface area contributed by atoms with Crippen LogP contribution in [0.4, 0.5) is 11.5 Å². The molecule has 36 heavy (non-hydrogen) atoms. The molecule has 2 heterocycles. The number of aromatic nitrogens is 2. The molecule has 2 N–H and O–H groups in total. The number of hydrogen-bond acceptors (Lipinski definition) is 5. The SMILES string of the molecule is C=C(C)c1cc(N(CC)C2CCC(N(C)C)CC2)c2ccnc(NCc3c(C)cc(C)[nH]c3=O)c2c1. The zero-order chi connectivity index (χ0) is 26.0. The molecule has 2 aromatic heterocycles. The number of hydrogen-bond donors (Lipinski definition) is 2. The maximum Gasteiger partial charge on any atom is 0.253 e. The number of allylic oxidation sites excluding steroid dienone is 1. The van der Waals surface area contributed by atoms with E-state index in [0.29, 0.717) is 18.6 Å². The van der Waals surface area contributed by atoms with E-state index in [1.165, 1.54) is 36.8 Å². The summed E-state index contributed by atoms with van der Waals surface area (Å²) in [5.74, 6) is 0.795. The first-order valence-electron chi connectivity index (χ1n) is 13.1. The summed E-state index contributed by atoms with van der Waals surface area (Å²) in [6.45, 7) is 13.8.